The van der Waals surface area contributed by atoms with Gasteiger partial charge in [0.25, 0.3) is 0 Å². The predicted octanol–water partition coefficient (Wildman–Crippen LogP) is 4.81. The van der Waals surface area contributed by atoms with E-state index >= 15 is 0 Å². The molecule has 1 atom stereocenters. The monoisotopic (exact) mass is 348 g/mol. The number of hydrogen-bond acceptors (Lipinski definition) is 4. The summed E-state index contributed by atoms with van der Waals surface area (Å²) in [5, 5.41) is 6.64. The van der Waals surface area contributed by atoms with Crippen LogP contribution in [0.3, 0.4) is 0 Å². The van der Waals surface area contributed by atoms with Crippen LogP contribution in [0.1, 0.15) is 31.5 Å². The molecule has 0 saturated carbocycles. The number of nitrogens with one attached hydrogen (secondary N) is 2. The van der Waals surface area contributed by atoms with Gasteiger partial charge in [-0.1, -0.05) is 13.0 Å². The molecule has 0 saturated heterocycles. The second-order valence-corrected chi connectivity index (χ2v) is 6.13. The van der Waals surface area contributed by atoms with Gasteiger partial charge in [0.15, 0.2) is 0 Å². The van der Waals surface area contributed by atoms with Crippen molar-refractivity contribution in [2.45, 2.75) is 40.2 Å². The van der Waals surface area contributed by atoms with E-state index in [2.05, 4.69) is 69.4 Å². The zero-order chi connectivity index (χ0) is 15.4. The van der Waals surface area contributed by atoms with Gasteiger partial charge in [0.05, 0.1) is 5.69 Å². The fraction of sp³-hybridized carbons (Fsp3) is 0.375. The SMILES string of the molecule is CCC(C)Nc1nc(C)cc(Nc2ccc(C)cc2Br)n1. The molecule has 2 aromatic rings. The van der Waals surface area contributed by atoms with Crippen molar-refractivity contribution in [1.82, 2.24) is 9.97 Å². The summed E-state index contributed by atoms with van der Waals surface area (Å²) in [4.78, 5) is 8.95. The third-order valence-corrected chi connectivity index (χ3v) is 3.89. The van der Waals surface area contributed by atoms with Crippen LogP contribution in [0.2, 0.25) is 0 Å². The fourth-order valence-electron chi connectivity index (χ4n) is 1.88. The Hall–Kier alpha value is -1.62. The number of halogens is 1. The molecule has 1 unspecified atom stereocenters. The summed E-state index contributed by atoms with van der Waals surface area (Å²) < 4.78 is 1.02. The minimum atomic E-state index is 0.353. The average molecular weight is 349 g/mol. The third kappa shape index (κ3) is 4.43. The van der Waals surface area contributed by atoms with Gasteiger partial charge in [-0.2, -0.15) is 4.98 Å². The Morgan fingerprint density at radius 2 is 1.95 bits per heavy atom. The fourth-order valence-corrected chi connectivity index (χ4v) is 2.47. The Kier molecular flexibility index (Phi) is 5.17. The van der Waals surface area contributed by atoms with E-state index in [1.54, 1.807) is 0 Å². The molecule has 112 valence electrons. The highest BCUT2D eigenvalue weighted by atomic mass is 79.9. The van der Waals surface area contributed by atoms with Gasteiger partial charge in [0.1, 0.15) is 5.82 Å². The maximum Gasteiger partial charge on any atom is 0.225 e. The summed E-state index contributed by atoms with van der Waals surface area (Å²) in [6.07, 6.45) is 1.03. The summed E-state index contributed by atoms with van der Waals surface area (Å²) in [6.45, 7) is 8.29. The van der Waals surface area contributed by atoms with Crippen LogP contribution >= 0.6 is 15.9 Å². The smallest absolute Gasteiger partial charge is 0.225 e. The van der Waals surface area contributed by atoms with Crippen molar-refractivity contribution in [1.29, 1.82) is 0 Å². The molecule has 2 rings (SSSR count). The topological polar surface area (TPSA) is 49.8 Å². The molecule has 0 radical (unpaired) electrons. The average Bonchev–Trinajstić information content (AvgIpc) is 2.41. The quantitative estimate of drug-likeness (QED) is 0.813. The first kappa shape index (κ1) is 15.8. The third-order valence-electron chi connectivity index (χ3n) is 3.23. The van der Waals surface area contributed by atoms with Crippen LogP contribution in [-0.2, 0) is 0 Å². The van der Waals surface area contributed by atoms with Crippen LogP contribution in [0.4, 0.5) is 17.5 Å². The van der Waals surface area contributed by atoms with Crippen molar-refractivity contribution in [3.05, 3.63) is 40.0 Å². The Morgan fingerprint density at radius 3 is 2.62 bits per heavy atom. The largest absolute Gasteiger partial charge is 0.352 e. The van der Waals surface area contributed by atoms with Gasteiger partial charge in [-0.05, 0) is 60.8 Å². The van der Waals surface area contributed by atoms with Crippen molar-refractivity contribution in [3.63, 3.8) is 0 Å². The van der Waals surface area contributed by atoms with Gasteiger partial charge in [-0.25, -0.2) is 4.98 Å². The molecule has 0 fully saturated rings. The van der Waals surface area contributed by atoms with E-state index in [1.165, 1.54) is 5.56 Å². The van der Waals surface area contributed by atoms with E-state index in [9.17, 15) is 0 Å². The molecule has 0 aliphatic carbocycles. The lowest BCUT2D eigenvalue weighted by Crippen LogP contribution is -2.16. The Morgan fingerprint density at radius 1 is 1.19 bits per heavy atom. The first-order valence-corrected chi connectivity index (χ1v) is 7.92. The number of aromatic nitrogens is 2. The molecular formula is C16H21BrN4. The number of hydrogen-bond donors (Lipinski definition) is 2. The highest BCUT2D eigenvalue weighted by molar-refractivity contribution is 9.10. The van der Waals surface area contributed by atoms with Gasteiger partial charge in [0, 0.05) is 22.3 Å². The molecule has 0 amide bonds. The van der Waals surface area contributed by atoms with E-state index in [4.69, 9.17) is 0 Å². The first-order chi connectivity index (χ1) is 9.97. The lowest BCUT2D eigenvalue weighted by atomic mass is 10.2. The summed E-state index contributed by atoms with van der Waals surface area (Å²) in [5.74, 6) is 1.45. The second-order valence-electron chi connectivity index (χ2n) is 5.28. The van der Waals surface area contributed by atoms with Crippen molar-refractivity contribution < 1.29 is 0 Å². The lowest BCUT2D eigenvalue weighted by molar-refractivity contribution is 0.752. The Balaban J connectivity index is 2.23. The van der Waals surface area contributed by atoms with Gasteiger partial charge in [-0.3, -0.25) is 0 Å². The van der Waals surface area contributed by atoms with E-state index in [0.717, 1.165) is 28.1 Å². The molecule has 5 heteroatoms. The molecule has 4 nitrogen and oxygen atoms in total. The van der Waals surface area contributed by atoms with Crippen LogP contribution in [0.5, 0.6) is 0 Å². The van der Waals surface area contributed by atoms with E-state index in [0.29, 0.717) is 12.0 Å². The summed E-state index contributed by atoms with van der Waals surface area (Å²) in [7, 11) is 0. The second kappa shape index (κ2) is 6.89. The van der Waals surface area contributed by atoms with Gasteiger partial charge in [-0.15, -0.1) is 0 Å². The molecule has 0 bridgehead atoms. The van der Waals surface area contributed by atoms with E-state index < -0.39 is 0 Å². The molecular weight excluding hydrogens is 328 g/mol. The molecule has 0 aliphatic rings. The van der Waals surface area contributed by atoms with Gasteiger partial charge in [0.2, 0.25) is 5.95 Å². The van der Waals surface area contributed by atoms with Crippen molar-refractivity contribution in [3.8, 4) is 0 Å². The number of rotatable bonds is 5. The maximum absolute atomic E-state index is 4.53. The van der Waals surface area contributed by atoms with Gasteiger partial charge >= 0.3 is 0 Å². The van der Waals surface area contributed by atoms with E-state index in [1.807, 2.05) is 19.1 Å². The summed E-state index contributed by atoms with van der Waals surface area (Å²) >= 11 is 3.57. The molecule has 21 heavy (non-hydrogen) atoms. The number of nitrogens with zero attached hydrogens (tertiary/aromatic N) is 2. The zero-order valence-electron chi connectivity index (χ0n) is 12.9. The van der Waals surface area contributed by atoms with Crippen LogP contribution in [0.15, 0.2) is 28.7 Å². The van der Waals surface area contributed by atoms with Crippen LogP contribution in [0.25, 0.3) is 0 Å². The van der Waals surface area contributed by atoms with Crippen molar-refractivity contribution in [2.75, 3.05) is 10.6 Å². The summed E-state index contributed by atoms with van der Waals surface area (Å²) in [5.41, 5.74) is 3.14. The van der Waals surface area contributed by atoms with Crippen LogP contribution in [0, 0.1) is 13.8 Å². The maximum atomic E-state index is 4.53. The number of benzene rings is 1. The highest BCUT2D eigenvalue weighted by Crippen LogP contribution is 2.26. The predicted molar refractivity (Wildman–Crippen MR) is 92.3 cm³/mol. The number of aryl methyl sites for hydroxylation is 2. The molecule has 1 heterocycles. The van der Waals surface area contributed by atoms with Crippen LogP contribution in [-0.4, -0.2) is 16.0 Å². The van der Waals surface area contributed by atoms with E-state index in [-0.39, 0.29) is 0 Å². The first-order valence-electron chi connectivity index (χ1n) is 7.13. The van der Waals surface area contributed by atoms with Gasteiger partial charge < -0.3 is 10.6 Å². The molecule has 1 aromatic heterocycles. The molecule has 0 spiro atoms. The molecule has 0 aliphatic heterocycles. The Labute approximate surface area is 134 Å². The Bertz CT molecular complexity index is 628. The van der Waals surface area contributed by atoms with Crippen molar-refractivity contribution in [2.24, 2.45) is 0 Å². The lowest BCUT2D eigenvalue weighted by Gasteiger charge is -2.14. The van der Waals surface area contributed by atoms with Crippen LogP contribution < -0.4 is 10.6 Å². The number of anilines is 3. The zero-order valence-corrected chi connectivity index (χ0v) is 14.5. The minimum absolute atomic E-state index is 0.353. The normalized spacial score (nSPS) is 12.0. The minimum Gasteiger partial charge on any atom is -0.352 e. The highest BCUT2D eigenvalue weighted by Gasteiger charge is 2.07. The standard InChI is InChI=1S/C16H21BrN4/c1-5-11(3)18-16-19-12(4)9-15(21-16)20-14-7-6-10(2)8-13(14)17/h6-9,11H,5H2,1-4H3,(H2,18,19,20,21). The molecule has 1 aromatic carbocycles. The molecule has 2 N–H and O–H groups in total. The summed E-state index contributed by atoms with van der Waals surface area (Å²) in [6, 6.07) is 8.48. The van der Waals surface area contributed by atoms with Crippen molar-refractivity contribution >= 4 is 33.4 Å².